The summed E-state index contributed by atoms with van der Waals surface area (Å²) >= 11 is 0. The van der Waals surface area contributed by atoms with Gasteiger partial charge in [0, 0.05) is 37.1 Å². The Morgan fingerprint density at radius 3 is 2.38 bits per heavy atom. The molecule has 1 aromatic rings. The topological polar surface area (TPSA) is 41.0 Å². The fourth-order valence-electron chi connectivity index (χ4n) is 3.25. The SMILES string of the molecule is CCC1(CC)CNC(C(C)(C)C)CN1Cc1ncccn1. The number of hydrogen-bond acceptors (Lipinski definition) is 4. The molecule has 4 nitrogen and oxygen atoms in total. The van der Waals surface area contributed by atoms with Crippen LogP contribution in [0.1, 0.15) is 53.3 Å². The van der Waals surface area contributed by atoms with Gasteiger partial charge in [0.25, 0.3) is 0 Å². The normalized spacial score (nSPS) is 23.2. The fraction of sp³-hybridized carbons (Fsp3) is 0.765. The highest BCUT2D eigenvalue weighted by Crippen LogP contribution is 2.32. The lowest BCUT2D eigenvalue weighted by molar-refractivity contribution is -0.000273. The Morgan fingerprint density at radius 1 is 1.24 bits per heavy atom. The second-order valence-electron chi connectivity index (χ2n) is 7.28. The molecule has 2 heterocycles. The molecular weight excluding hydrogens is 260 g/mol. The largest absolute Gasteiger partial charge is 0.310 e. The van der Waals surface area contributed by atoms with Crippen molar-refractivity contribution in [2.75, 3.05) is 13.1 Å². The third-order valence-corrected chi connectivity index (χ3v) is 5.06. The lowest BCUT2D eigenvalue weighted by atomic mass is 9.80. The molecule has 118 valence electrons. The highest BCUT2D eigenvalue weighted by atomic mass is 15.3. The lowest BCUT2D eigenvalue weighted by Crippen LogP contribution is -2.66. The molecule has 0 aromatic carbocycles. The summed E-state index contributed by atoms with van der Waals surface area (Å²) in [5.41, 5.74) is 0.490. The second-order valence-corrected chi connectivity index (χ2v) is 7.28. The molecule has 4 heteroatoms. The predicted octanol–water partition coefficient (Wildman–Crippen LogP) is 2.86. The summed E-state index contributed by atoms with van der Waals surface area (Å²) in [5, 5.41) is 3.79. The molecule has 1 fully saturated rings. The molecule has 1 aliphatic rings. The first kappa shape index (κ1) is 16.4. The van der Waals surface area contributed by atoms with Gasteiger partial charge in [-0.15, -0.1) is 0 Å². The molecule has 1 aromatic heterocycles. The Morgan fingerprint density at radius 2 is 1.86 bits per heavy atom. The van der Waals surface area contributed by atoms with Crippen LogP contribution in [0.25, 0.3) is 0 Å². The molecule has 1 unspecified atom stereocenters. The van der Waals surface area contributed by atoms with Crippen LogP contribution in [0.4, 0.5) is 0 Å². The third kappa shape index (κ3) is 3.61. The van der Waals surface area contributed by atoms with Gasteiger partial charge in [-0.2, -0.15) is 0 Å². The highest BCUT2D eigenvalue weighted by molar-refractivity contribution is 5.02. The zero-order chi connectivity index (χ0) is 15.5. The van der Waals surface area contributed by atoms with Gasteiger partial charge in [-0.05, 0) is 24.3 Å². The monoisotopic (exact) mass is 290 g/mol. The van der Waals surface area contributed by atoms with Crippen molar-refractivity contribution < 1.29 is 0 Å². The maximum absolute atomic E-state index is 4.42. The van der Waals surface area contributed by atoms with E-state index in [1.807, 2.05) is 18.5 Å². The van der Waals surface area contributed by atoms with Crippen molar-refractivity contribution in [2.45, 2.75) is 65.6 Å². The van der Waals surface area contributed by atoms with Gasteiger partial charge in [0.05, 0.1) is 6.54 Å². The van der Waals surface area contributed by atoms with Gasteiger partial charge in [0.15, 0.2) is 0 Å². The Bertz CT molecular complexity index is 434. The molecule has 1 N–H and O–H groups in total. The number of piperazine rings is 1. The van der Waals surface area contributed by atoms with E-state index >= 15 is 0 Å². The summed E-state index contributed by atoms with van der Waals surface area (Å²) < 4.78 is 0. The Labute approximate surface area is 129 Å². The van der Waals surface area contributed by atoms with E-state index in [9.17, 15) is 0 Å². The Kier molecular flexibility index (Phi) is 4.99. The molecule has 0 radical (unpaired) electrons. The van der Waals surface area contributed by atoms with Crippen LogP contribution in [0.15, 0.2) is 18.5 Å². The van der Waals surface area contributed by atoms with E-state index in [1.54, 1.807) is 0 Å². The van der Waals surface area contributed by atoms with Gasteiger partial charge < -0.3 is 5.32 Å². The van der Waals surface area contributed by atoms with Crippen LogP contribution < -0.4 is 5.32 Å². The first-order valence-electron chi connectivity index (χ1n) is 8.15. The first-order chi connectivity index (χ1) is 9.91. The Balaban J connectivity index is 2.21. The molecule has 0 saturated carbocycles. The molecule has 0 aliphatic carbocycles. The van der Waals surface area contributed by atoms with Crippen molar-refractivity contribution in [1.82, 2.24) is 20.2 Å². The predicted molar refractivity (Wildman–Crippen MR) is 87.0 cm³/mol. The maximum Gasteiger partial charge on any atom is 0.142 e. The Hall–Kier alpha value is -1.00. The van der Waals surface area contributed by atoms with E-state index in [2.05, 4.69) is 54.8 Å². The zero-order valence-corrected chi connectivity index (χ0v) is 14.2. The molecule has 1 atom stereocenters. The van der Waals surface area contributed by atoms with Crippen LogP contribution in [-0.2, 0) is 6.54 Å². The minimum absolute atomic E-state index is 0.223. The molecule has 21 heavy (non-hydrogen) atoms. The molecule has 1 saturated heterocycles. The molecule has 0 spiro atoms. The minimum Gasteiger partial charge on any atom is -0.310 e. The van der Waals surface area contributed by atoms with E-state index in [0.717, 1.165) is 38.3 Å². The van der Waals surface area contributed by atoms with E-state index in [4.69, 9.17) is 0 Å². The van der Waals surface area contributed by atoms with E-state index in [1.165, 1.54) is 0 Å². The summed E-state index contributed by atoms with van der Waals surface area (Å²) in [6.45, 7) is 14.5. The molecule has 2 rings (SSSR count). The number of rotatable bonds is 4. The number of nitrogens with zero attached hydrogens (tertiary/aromatic N) is 3. The van der Waals surface area contributed by atoms with Gasteiger partial charge in [0.1, 0.15) is 5.82 Å². The number of nitrogens with one attached hydrogen (secondary N) is 1. The van der Waals surface area contributed by atoms with Crippen LogP contribution in [0.2, 0.25) is 0 Å². The van der Waals surface area contributed by atoms with Gasteiger partial charge in [-0.3, -0.25) is 4.90 Å². The van der Waals surface area contributed by atoms with Gasteiger partial charge in [0.2, 0.25) is 0 Å². The summed E-state index contributed by atoms with van der Waals surface area (Å²) in [7, 11) is 0. The second kappa shape index (κ2) is 6.41. The summed E-state index contributed by atoms with van der Waals surface area (Å²) in [6.07, 6.45) is 5.98. The highest BCUT2D eigenvalue weighted by Gasteiger charge is 2.42. The fourth-order valence-corrected chi connectivity index (χ4v) is 3.25. The van der Waals surface area contributed by atoms with Crippen LogP contribution in [0.3, 0.4) is 0 Å². The number of hydrogen-bond donors (Lipinski definition) is 1. The maximum atomic E-state index is 4.42. The van der Waals surface area contributed by atoms with E-state index < -0.39 is 0 Å². The number of aromatic nitrogens is 2. The zero-order valence-electron chi connectivity index (χ0n) is 14.2. The van der Waals surface area contributed by atoms with Gasteiger partial charge >= 0.3 is 0 Å². The standard InChI is InChI=1S/C17H30N4/c1-6-17(7-2)13-20-14(16(3,4)5)11-21(17)12-15-18-9-8-10-19-15/h8-10,14,20H,6-7,11-13H2,1-5H3. The van der Waals surface area contributed by atoms with E-state index in [0.29, 0.717) is 6.04 Å². The minimum atomic E-state index is 0.223. The lowest BCUT2D eigenvalue weighted by Gasteiger charge is -2.52. The van der Waals surface area contributed by atoms with Gasteiger partial charge in [-0.1, -0.05) is 34.6 Å². The van der Waals surface area contributed by atoms with E-state index in [-0.39, 0.29) is 11.0 Å². The summed E-state index contributed by atoms with van der Waals surface area (Å²) in [4.78, 5) is 11.4. The van der Waals surface area contributed by atoms with Crippen LogP contribution in [-0.4, -0.2) is 39.5 Å². The van der Waals surface area contributed by atoms with Crippen molar-refractivity contribution in [3.63, 3.8) is 0 Å². The molecular formula is C17H30N4. The molecule has 0 amide bonds. The van der Waals surface area contributed by atoms with Crippen molar-refractivity contribution in [3.8, 4) is 0 Å². The molecule has 1 aliphatic heterocycles. The van der Waals surface area contributed by atoms with Crippen molar-refractivity contribution in [3.05, 3.63) is 24.3 Å². The summed E-state index contributed by atoms with van der Waals surface area (Å²) in [6, 6.07) is 2.39. The molecule has 0 bridgehead atoms. The van der Waals surface area contributed by atoms with Crippen molar-refractivity contribution in [1.29, 1.82) is 0 Å². The quantitative estimate of drug-likeness (QED) is 0.926. The summed E-state index contributed by atoms with van der Waals surface area (Å²) in [5.74, 6) is 0.929. The third-order valence-electron chi connectivity index (χ3n) is 5.06. The average molecular weight is 290 g/mol. The smallest absolute Gasteiger partial charge is 0.142 e. The van der Waals surface area contributed by atoms with Crippen molar-refractivity contribution in [2.24, 2.45) is 5.41 Å². The van der Waals surface area contributed by atoms with Crippen LogP contribution >= 0.6 is 0 Å². The average Bonchev–Trinajstić information content (AvgIpc) is 2.47. The van der Waals surface area contributed by atoms with Crippen LogP contribution in [0, 0.1) is 5.41 Å². The van der Waals surface area contributed by atoms with Gasteiger partial charge in [-0.25, -0.2) is 9.97 Å². The van der Waals surface area contributed by atoms with Crippen LogP contribution in [0.5, 0.6) is 0 Å². The first-order valence-corrected chi connectivity index (χ1v) is 8.15. The van der Waals surface area contributed by atoms with Crippen molar-refractivity contribution >= 4 is 0 Å².